The van der Waals surface area contributed by atoms with Gasteiger partial charge in [-0.15, -0.1) is 0 Å². The van der Waals surface area contributed by atoms with E-state index in [0.717, 1.165) is 29.9 Å². The molecule has 1 fully saturated rings. The van der Waals surface area contributed by atoms with E-state index in [1.165, 1.54) is 24.5 Å². The van der Waals surface area contributed by atoms with Crippen molar-refractivity contribution in [3.8, 4) is 6.07 Å². The fraction of sp³-hybridized carbons (Fsp3) is 0.286. The Morgan fingerprint density at radius 2 is 1.97 bits per heavy atom. The van der Waals surface area contributed by atoms with Crippen LogP contribution in [0.25, 0.3) is 11.0 Å². The molecule has 0 spiro atoms. The molecule has 0 atom stereocenters. The number of piperidine rings is 1. The maximum absolute atomic E-state index is 13.1. The van der Waals surface area contributed by atoms with E-state index in [1.807, 2.05) is 6.07 Å². The number of pyridine rings is 1. The van der Waals surface area contributed by atoms with Gasteiger partial charge in [-0.05, 0) is 44.1 Å². The van der Waals surface area contributed by atoms with Gasteiger partial charge in [-0.25, -0.2) is 17.4 Å². The number of amides is 1. The van der Waals surface area contributed by atoms with Crippen LogP contribution < -0.4 is 16.0 Å². The quantitative estimate of drug-likeness (QED) is 0.538. The number of anilines is 2. The molecule has 1 aromatic carbocycles. The van der Waals surface area contributed by atoms with Crippen molar-refractivity contribution >= 4 is 38.3 Å². The monoisotopic (exact) mass is 438 g/mol. The zero-order valence-corrected chi connectivity index (χ0v) is 17.5. The molecule has 3 aromatic rings. The number of benzene rings is 1. The SMILES string of the molecule is N#CCC(=O)Nc1cnc2c(ccn2S(=O)(=O)c2ccccc2)c1NC1CCNCC1. The van der Waals surface area contributed by atoms with Crippen molar-refractivity contribution in [2.45, 2.75) is 30.2 Å². The first-order valence-corrected chi connectivity index (χ1v) is 11.4. The Morgan fingerprint density at radius 3 is 2.68 bits per heavy atom. The fourth-order valence-electron chi connectivity index (χ4n) is 3.65. The second kappa shape index (κ2) is 8.75. The van der Waals surface area contributed by atoms with E-state index < -0.39 is 15.9 Å². The van der Waals surface area contributed by atoms with Crippen LogP contribution >= 0.6 is 0 Å². The predicted octanol–water partition coefficient (Wildman–Crippen LogP) is 2.29. The highest BCUT2D eigenvalue weighted by Gasteiger charge is 2.23. The number of nitrogens with zero attached hydrogens (tertiary/aromatic N) is 3. The number of fused-ring (bicyclic) bond motifs is 1. The van der Waals surface area contributed by atoms with Gasteiger partial charge in [-0.3, -0.25) is 4.79 Å². The van der Waals surface area contributed by atoms with Gasteiger partial charge in [0.15, 0.2) is 5.65 Å². The number of carbonyl (C=O) groups is 1. The molecular formula is C21H22N6O3S. The van der Waals surface area contributed by atoms with Crippen LogP contribution in [0.2, 0.25) is 0 Å². The Bertz CT molecular complexity index is 1240. The number of nitrogens with one attached hydrogen (secondary N) is 3. The Kier molecular flexibility index (Phi) is 5.88. The highest BCUT2D eigenvalue weighted by molar-refractivity contribution is 7.90. The van der Waals surface area contributed by atoms with Gasteiger partial charge >= 0.3 is 0 Å². The topological polar surface area (TPSA) is 129 Å². The number of hydrogen-bond acceptors (Lipinski definition) is 7. The summed E-state index contributed by atoms with van der Waals surface area (Å²) in [5.41, 5.74) is 1.28. The first-order chi connectivity index (χ1) is 15.0. The summed E-state index contributed by atoms with van der Waals surface area (Å²) in [4.78, 5) is 16.5. The molecule has 1 saturated heterocycles. The Labute approximate surface area is 180 Å². The molecule has 3 N–H and O–H groups in total. The van der Waals surface area contributed by atoms with Crippen molar-refractivity contribution in [2.24, 2.45) is 0 Å². The van der Waals surface area contributed by atoms with Crippen molar-refractivity contribution in [3.63, 3.8) is 0 Å². The highest BCUT2D eigenvalue weighted by Crippen LogP contribution is 2.33. The van der Waals surface area contributed by atoms with Gasteiger partial charge in [0.1, 0.15) is 6.42 Å². The zero-order chi connectivity index (χ0) is 21.8. The standard InChI is InChI=1S/C21H22N6O3S/c22-10-6-19(28)26-18-14-24-21-17(20(18)25-15-7-11-23-12-8-15)9-13-27(21)31(29,30)16-4-2-1-3-5-16/h1-5,9,13-15,23H,6-8,11-12H2,(H,24,25)(H,26,28). The lowest BCUT2D eigenvalue weighted by Crippen LogP contribution is -2.35. The Hall–Kier alpha value is -3.42. The van der Waals surface area contributed by atoms with Crippen LogP contribution in [0.15, 0.2) is 53.7 Å². The summed E-state index contributed by atoms with van der Waals surface area (Å²) in [6.45, 7) is 1.73. The summed E-state index contributed by atoms with van der Waals surface area (Å²) in [6, 6.07) is 11.8. The van der Waals surface area contributed by atoms with Crippen LogP contribution in [0.1, 0.15) is 19.3 Å². The van der Waals surface area contributed by atoms with Crippen molar-refractivity contribution in [2.75, 3.05) is 23.7 Å². The summed E-state index contributed by atoms with van der Waals surface area (Å²) in [6.07, 6.45) is 4.39. The molecule has 0 bridgehead atoms. The third-order valence-electron chi connectivity index (χ3n) is 5.18. The summed E-state index contributed by atoms with van der Waals surface area (Å²) in [5, 5.41) is 18.8. The van der Waals surface area contributed by atoms with Gasteiger partial charge in [-0.1, -0.05) is 18.2 Å². The Balaban J connectivity index is 1.80. The number of rotatable bonds is 6. The molecule has 160 valence electrons. The third kappa shape index (κ3) is 4.23. The summed E-state index contributed by atoms with van der Waals surface area (Å²) in [7, 11) is -3.83. The first kappa shape index (κ1) is 20.8. The summed E-state index contributed by atoms with van der Waals surface area (Å²) < 4.78 is 27.4. The normalized spacial score (nSPS) is 14.8. The first-order valence-electron chi connectivity index (χ1n) is 9.95. The predicted molar refractivity (Wildman–Crippen MR) is 117 cm³/mol. The third-order valence-corrected chi connectivity index (χ3v) is 6.86. The molecule has 1 amide bonds. The van der Waals surface area contributed by atoms with Gasteiger partial charge < -0.3 is 16.0 Å². The van der Waals surface area contributed by atoms with E-state index in [4.69, 9.17) is 5.26 Å². The minimum Gasteiger partial charge on any atom is -0.380 e. The molecule has 9 nitrogen and oxygen atoms in total. The largest absolute Gasteiger partial charge is 0.380 e. The maximum atomic E-state index is 13.1. The van der Waals surface area contributed by atoms with E-state index >= 15 is 0 Å². The van der Waals surface area contributed by atoms with Gasteiger partial charge in [0, 0.05) is 17.6 Å². The molecule has 0 unspecified atom stereocenters. The average molecular weight is 439 g/mol. The minimum atomic E-state index is -3.83. The average Bonchev–Trinajstić information content (AvgIpc) is 3.22. The van der Waals surface area contributed by atoms with Crippen molar-refractivity contribution < 1.29 is 13.2 Å². The molecule has 1 aliphatic rings. The molecular weight excluding hydrogens is 416 g/mol. The maximum Gasteiger partial charge on any atom is 0.269 e. The molecule has 3 heterocycles. The number of hydrogen-bond donors (Lipinski definition) is 3. The number of aromatic nitrogens is 2. The van der Waals surface area contributed by atoms with Crippen LogP contribution in [0.3, 0.4) is 0 Å². The number of carbonyl (C=O) groups excluding carboxylic acids is 1. The molecule has 10 heteroatoms. The van der Waals surface area contributed by atoms with E-state index in [1.54, 1.807) is 24.3 Å². The lowest BCUT2D eigenvalue weighted by molar-refractivity contribution is -0.115. The molecule has 0 saturated carbocycles. The van der Waals surface area contributed by atoms with Gasteiger partial charge in [0.2, 0.25) is 5.91 Å². The molecule has 1 aliphatic heterocycles. The van der Waals surface area contributed by atoms with Crippen LogP contribution in [-0.2, 0) is 14.8 Å². The van der Waals surface area contributed by atoms with Gasteiger partial charge in [-0.2, -0.15) is 5.26 Å². The van der Waals surface area contributed by atoms with Gasteiger partial charge in [0.25, 0.3) is 10.0 Å². The van der Waals surface area contributed by atoms with Crippen LogP contribution in [0, 0.1) is 11.3 Å². The minimum absolute atomic E-state index is 0.160. The lowest BCUT2D eigenvalue weighted by Gasteiger charge is -2.26. The second-order valence-electron chi connectivity index (χ2n) is 7.27. The van der Waals surface area contributed by atoms with Crippen LogP contribution in [-0.4, -0.2) is 42.4 Å². The lowest BCUT2D eigenvalue weighted by atomic mass is 10.1. The van der Waals surface area contributed by atoms with Crippen molar-refractivity contribution in [3.05, 3.63) is 48.8 Å². The number of nitriles is 1. The van der Waals surface area contributed by atoms with E-state index in [9.17, 15) is 13.2 Å². The van der Waals surface area contributed by atoms with E-state index in [0.29, 0.717) is 16.8 Å². The van der Waals surface area contributed by atoms with E-state index in [-0.39, 0.29) is 23.0 Å². The van der Waals surface area contributed by atoms with Crippen molar-refractivity contribution in [1.82, 2.24) is 14.3 Å². The van der Waals surface area contributed by atoms with Crippen LogP contribution in [0.4, 0.5) is 11.4 Å². The fourth-order valence-corrected chi connectivity index (χ4v) is 4.97. The molecule has 4 rings (SSSR count). The second-order valence-corrected chi connectivity index (χ2v) is 9.08. The Morgan fingerprint density at radius 1 is 1.23 bits per heavy atom. The molecule has 0 radical (unpaired) electrons. The van der Waals surface area contributed by atoms with Crippen molar-refractivity contribution in [1.29, 1.82) is 5.26 Å². The van der Waals surface area contributed by atoms with E-state index in [2.05, 4.69) is 20.9 Å². The van der Waals surface area contributed by atoms with Crippen LogP contribution in [0.5, 0.6) is 0 Å². The zero-order valence-electron chi connectivity index (χ0n) is 16.7. The van der Waals surface area contributed by atoms with Gasteiger partial charge in [0.05, 0.1) is 28.5 Å². The summed E-state index contributed by atoms with van der Waals surface area (Å²) >= 11 is 0. The molecule has 31 heavy (non-hydrogen) atoms. The highest BCUT2D eigenvalue weighted by atomic mass is 32.2. The molecule has 0 aliphatic carbocycles. The smallest absolute Gasteiger partial charge is 0.269 e. The molecule has 2 aromatic heterocycles. The summed E-state index contributed by atoms with van der Waals surface area (Å²) in [5.74, 6) is -0.451.